The van der Waals surface area contributed by atoms with Crippen molar-refractivity contribution in [3.63, 3.8) is 0 Å². The van der Waals surface area contributed by atoms with Crippen molar-refractivity contribution in [3.8, 4) is 0 Å². The topological polar surface area (TPSA) is 24.9 Å². The summed E-state index contributed by atoms with van der Waals surface area (Å²) in [6, 6.07) is 6.00. The highest BCUT2D eigenvalue weighted by Gasteiger charge is 1.95. The Labute approximate surface area is 92.4 Å². The zero-order valence-corrected chi connectivity index (χ0v) is 9.66. The first-order chi connectivity index (χ1) is 7.36. The van der Waals surface area contributed by atoms with E-state index in [0.717, 1.165) is 25.2 Å². The lowest BCUT2D eigenvalue weighted by Crippen LogP contribution is -2.17. The Morgan fingerprint density at radius 3 is 2.87 bits per heavy atom. The molecule has 0 atom stereocenters. The molecule has 2 heteroatoms. The summed E-state index contributed by atoms with van der Waals surface area (Å²) in [4.78, 5) is 4.29. The molecule has 0 spiro atoms. The van der Waals surface area contributed by atoms with E-state index in [-0.39, 0.29) is 0 Å². The van der Waals surface area contributed by atoms with E-state index in [2.05, 4.69) is 30.2 Å². The van der Waals surface area contributed by atoms with Gasteiger partial charge in [-0.25, -0.2) is 0 Å². The quantitative estimate of drug-likeness (QED) is 0.721. The number of aromatic nitrogens is 1. The minimum atomic E-state index is 0.973. The van der Waals surface area contributed by atoms with Gasteiger partial charge in [0.15, 0.2) is 0 Å². The Hall–Kier alpha value is -1.15. The van der Waals surface area contributed by atoms with Crippen molar-refractivity contribution in [3.05, 3.63) is 35.7 Å². The van der Waals surface area contributed by atoms with Gasteiger partial charge in [0.1, 0.15) is 0 Å². The second kappa shape index (κ2) is 7.18. The van der Waals surface area contributed by atoms with Crippen LogP contribution in [0.2, 0.25) is 0 Å². The van der Waals surface area contributed by atoms with Crippen LogP contribution in [0.4, 0.5) is 0 Å². The molecule has 2 nitrogen and oxygen atoms in total. The van der Waals surface area contributed by atoms with E-state index in [9.17, 15) is 0 Å². The van der Waals surface area contributed by atoms with Crippen LogP contribution in [0.15, 0.2) is 30.0 Å². The molecule has 0 aliphatic carbocycles. The van der Waals surface area contributed by atoms with Crippen LogP contribution < -0.4 is 5.32 Å². The van der Waals surface area contributed by atoms with Gasteiger partial charge >= 0.3 is 0 Å². The lowest BCUT2D eigenvalue weighted by molar-refractivity contribution is 0.705. The van der Waals surface area contributed by atoms with Gasteiger partial charge in [0.2, 0.25) is 0 Å². The summed E-state index contributed by atoms with van der Waals surface area (Å²) in [5, 5.41) is 3.41. The Bertz CT molecular complexity index is 291. The molecule has 0 saturated heterocycles. The summed E-state index contributed by atoms with van der Waals surface area (Å²) in [6.07, 6.45) is 6.26. The molecule has 1 rings (SSSR count). The van der Waals surface area contributed by atoms with Crippen molar-refractivity contribution >= 4 is 6.08 Å². The molecule has 0 unspecified atom stereocenters. The molecule has 1 N–H and O–H groups in total. The number of hydrogen-bond donors (Lipinski definition) is 1. The fraction of sp³-hybridized carbons (Fsp3) is 0.462. The van der Waals surface area contributed by atoms with Crippen LogP contribution in [0, 0.1) is 0 Å². The van der Waals surface area contributed by atoms with E-state index >= 15 is 0 Å². The normalized spacial score (nSPS) is 11.7. The summed E-state index contributed by atoms with van der Waals surface area (Å²) >= 11 is 0. The van der Waals surface area contributed by atoms with Gasteiger partial charge in [-0.1, -0.05) is 25.5 Å². The van der Waals surface area contributed by atoms with E-state index in [1.54, 1.807) is 0 Å². The first-order valence-electron chi connectivity index (χ1n) is 5.68. The minimum Gasteiger partial charge on any atom is -0.313 e. The summed E-state index contributed by atoms with van der Waals surface area (Å²) < 4.78 is 0. The molecular formula is C13H20N2. The van der Waals surface area contributed by atoms with Crippen molar-refractivity contribution in [2.24, 2.45) is 0 Å². The number of hydrogen-bond acceptors (Lipinski definition) is 2. The second-order valence-corrected chi connectivity index (χ2v) is 3.59. The molecule has 0 amide bonds. The standard InChI is InChI=1S/C13H20N2/c1-3-8-14-11-12(4-2)10-13-7-5-6-9-15-13/h5-7,9-10,14H,3-4,8,11H2,1-2H3. The molecule has 1 aromatic rings. The average molecular weight is 204 g/mol. The summed E-state index contributed by atoms with van der Waals surface area (Å²) in [6.45, 7) is 6.42. The molecule has 1 aromatic heterocycles. The van der Waals surface area contributed by atoms with Crippen LogP contribution >= 0.6 is 0 Å². The molecule has 82 valence electrons. The van der Waals surface area contributed by atoms with Gasteiger partial charge in [-0.2, -0.15) is 0 Å². The van der Waals surface area contributed by atoms with Gasteiger partial charge in [0.05, 0.1) is 5.69 Å². The molecule has 0 fully saturated rings. The second-order valence-electron chi connectivity index (χ2n) is 3.59. The first kappa shape index (κ1) is 11.9. The van der Waals surface area contributed by atoms with Crippen LogP contribution in [0.3, 0.4) is 0 Å². The predicted molar refractivity (Wildman–Crippen MR) is 65.7 cm³/mol. The maximum atomic E-state index is 4.29. The zero-order valence-electron chi connectivity index (χ0n) is 9.66. The van der Waals surface area contributed by atoms with Crippen molar-refractivity contribution in [2.75, 3.05) is 13.1 Å². The van der Waals surface area contributed by atoms with Gasteiger partial charge in [-0.15, -0.1) is 0 Å². The molecule has 1 heterocycles. The Kier molecular flexibility index (Phi) is 5.71. The third-order valence-corrected chi connectivity index (χ3v) is 2.27. The highest BCUT2D eigenvalue weighted by molar-refractivity contribution is 5.48. The molecule has 0 radical (unpaired) electrons. The lowest BCUT2D eigenvalue weighted by Gasteiger charge is -2.05. The molecule has 0 aliphatic rings. The SMILES string of the molecule is CCCNCC(=Cc1ccccn1)CC. The van der Waals surface area contributed by atoms with E-state index < -0.39 is 0 Å². The third-order valence-electron chi connectivity index (χ3n) is 2.27. The predicted octanol–water partition coefficient (Wildman–Crippen LogP) is 2.87. The molecular weight excluding hydrogens is 184 g/mol. The molecule has 0 bridgehead atoms. The van der Waals surface area contributed by atoms with E-state index in [0.29, 0.717) is 0 Å². The van der Waals surface area contributed by atoms with Crippen LogP contribution in [0.25, 0.3) is 6.08 Å². The maximum absolute atomic E-state index is 4.29. The number of rotatable bonds is 6. The van der Waals surface area contributed by atoms with Gasteiger partial charge in [0.25, 0.3) is 0 Å². The summed E-state index contributed by atoms with van der Waals surface area (Å²) in [5.41, 5.74) is 2.45. The highest BCUT2D eigenvalue weighted by Crippen LogP contribution is 2.06. The largest absolute Gasteiger partial charge is 0.313 e. The molecule has 15 heavy (non-hydrogen) atoms. The maximum Gasteiger partial charge on any atom is 0.0629 e. The Balaban J connectivity index is 2.54. The van der Waals surface area contributed by atoms with Gasteiger partial charge in [0, 0.05) is 12.7 Å². The lowest BCUT2D eigenvalue weighted by atomic mass is 10.1. The Morgan fingerprint density at radius 1 is 1.40 bits per heavy atom. The summed E-state index contributed by atoms with van der Waals surface area (Å²) in [5.74, 6) is 0. The number of pyridine rings is 1. The van der Waals surface area contributed by atoms with Gasteiger partial charge in [-0.3, -0.25) is 4.98 Å². The number of nitrogens with zero attached hydrogens (tertiary/aromatic N) is 1. The fourth-order valence-corrected chi connectivity index (χ4v) is 1.37. The van der Waals surface area contributed by atoms with Crippen LogP contribution in [-0.2, 0) is 0 Å². The van der Waals surface area contributed by atoms with E-state index in [4.69, 9.17) is 0 Å². The zero-order chi connectivity index (χ0) is 10.9. The van der Waals surface area contributed by atoms with Gasteiger partial charge in [-0.05, 0) is 37.6 Å². The van der Waals surface area contributed by atoms with Gasteiger partial charge < -0.3 is 5.32 Å². The number of nitrogens with one attached hydrogen (secondary N) is 1. The summed E-state index contributed by atoms with van der Waals surface area (Å²) in [7, 11) is 0. The first-order valence-corrected chi connectivity index (χ1v) is 5.68. The van der Waals surface area contributed by atoms with Crippen molar-refractivity contribution in [1.29, 1.82) is 0 Å². The average Bonchev–Trinajstić information content (AvgIpc) is 2.29. The smallest absolute Gasteiger partial charge is 0.0629 e. The van der Waals surface area contributed by atoms with E-state index in [1.807, 2.05) is 24.4 Å². The van der Waals surface area contributed by atoms with E-state index in [1.165, 1.54) is 12.0 Å². The molecule has 0 saturated carbocycles. The minimum absolute atomic E-state index is 0.973. The molecule has 0 aromatic carbocycles. The van der Waals surface area contributed by atoms with Crippen LogP contribution in [0.5, 0.6) is 0 Å². The van der Waals surface area contributed by atoms with Crippen LogP contribution in [-0.4, -0.2) is 18.1 Å². The van der Waals surface area contributed by atoms with Crippen LogP contribution in [0.1, 0.15) is 32.4 Å². The fourth-order valence-electron chi connectivity index (χ4n) is 1.37. The van der Waals surface area contributed by atoms with Crippen molar-refractivity contribution in [1.82, 2.24) is 10.3 Å². The van der Waals surface area contributed by atoms with Crippen molar-refractivity contribution < 1.29 is 0 Å². The third kappa shape index (κ3) is 4.75. The van der Waals surface area contributed by atoms with Crippen molar-refractivity contribution in [2.45, 2.75) is 26.7 Å². The molecule has 0 aliphatic heterocycles. The monoisotopic (exact) mass is 204 g/mol. The highest BCUT2D eigenvalue weighted by atomic mass is 14.8. The Morgan fingerprint density at radius 2 is 2.27 bits per heavy atom.